The third kappa shape index (κ3) is 4.20. The van der Waals surface area contributed by atoms with E-state index >= 15 is 0 Å². The highest BCUT2D eigenvalue weighted by molar-refractivity contribution is 5.93. The van der Waals surface area contributed by atoms with Crippen molar-refractivity contribution in [2.24, 2.45) is 0 Å². The van der Waals surface area contributed by atoms with Crippen LogP contribution in [0.25, 0.3) is 33.4 Å². The van der Waals surface area contributed by atoms with Crippen LogP contribution >= 0.6 is 0 Å². The van der Waals surface area contributed by atoms with E-state index in [4.69, 9.17) is 4.98 Å². The van der Waals surface area contributed by atoms with Gasteiger partial charge in [0.25, 0.3) is 0 Å². The Bertz CT molecular complexity index is 1430. The number of nitrogens with one attached hydrogen (secondary N) is 1. The Kier molecular flexibility index (Phi) is 5.85. The molecule has 1 N–H and O–H groups in total. The van der Waals surface area contributed by atoms with Crippen molar-refractivity contribution >= 4 is 11.0 Å². The van der Waals surface area contributed by atoms with Crippen molar-refractivity contribution in [1.29, 1.82) is 5.26 Å². The average molecular weight is 476 g/mol. The van der Waals surface area contributed by atoms with Crippen molar-refractivity contribution in [3.8, 4) is 28.5 Å². The summed E-state index contributed by atoms with van der Waals surface area (Å²) in [6.07, 6.45) is 9.76. The van der Waals surface area contributed by atoms with Gasteiger partial charge in [-0.25, -0.2) is 4.98 Å². The Labute approximate surface area is 213 Å². The van der Waals surface area contributed by atoms with Crippen LogP contribution in [0.15, 0.2) is 54.7 Å². The zero-order chi connectivity index (χ0) is 24.7. The number of hydrogen-bond donors (Lipinski definition) is 1. The van der Waals surface area contributed by atoms with Gasteiger partial charge < -0.3 is 0 Å². The van der Waals surface area contributed by atoms with E-state index < -0.39 is 5.41 Å². The third-order valence-electron chi connectivity index (χ3n) is 8.29. The van der Waals surface area contributed by atoms with Crippen molar-refractivity contribution in [3.63, 3.8) is 0 Å². The Morgan fingerprint density at radius 2 is 1.64 bits per heavy atom. The van der Waals surface area contributed by atoms with Gasteiger partial charge in [-0.2, -0.15) is 10.4 Å². The number of hydrogen-bond acceptors (Lipinski definition) is 4. The van der Waals surface area contributed by atoms with Crippen LogP contribution in [0.2, 0.25) is 0 Å². The first-order valence-corrected chi connectivity index (χ1v) is 13.2. The van der Waals surface area contributed by atoms with Crippen molar-refractivity contribution in [2.75, 3.05) is 13.1 Å². The molecule has 0 spiro atoms. The molecule has 1 aliphatic heterocycles. The first-order chi connectivity index (χ1) is 17.5. The van der Waals surface area contributed by atoms with Crippen molar-refractivity contribution in [1.82, 2.24) is 20.1 Å². The molecule has 2 aliphatic rings. The van der Waals surface area contributed by atoms with Gasteiger partial charge in [0.05, 0.1) is 11.5 Å². The topological polar surface area (TPSA) is 68.6 Å². The molecule has 1 fully saturated rings. The summed E-state index contributed by atoms with van der Waals surface area (Å²) in [7, 11) is 0. The van der Waals surface area contributed by atoms with Crippen LogP contribution in [0.4, 0.5) is 0 Å². The highest BCUT2D eigenvalue weighted by Crippen LogP contribution is 2.33. The van der Waals surface area contributed by atoms with Gasteiger partial charge in [0.15, 0.2) is 5.65 Å². The maximum absolute atomic E-state index is 9.45. The lowest BCUT2D eigenvalue weighted by Crippen LogP contribution is -2.35. The van der Waals surface area contributed by atoms with Gasteiger partial charge in [-0.05, 0) is 67.9 Å². The maximum atomic E-state index is 9.45. The minimum absolute atomic E-state index is 0.514. The van der Waals surface area contributed by atoms with Crippen molar-refractivity contribution in [3.05, 3.63) is 71.4 Å². The molecular weight excluding hydrogens is 442 g/mol. The van der Waals surface area contributed by atoms with E-state index in [1.54, 1.807) is 0 Å². The van der Waals surface area contributed by atoms with Crippen LogP contribution < -0.4 is 0 Å². The summed E-state index contributed by atoms with van der Waals surface area (Å²) in [4.78, 5) is 7.44. The average Bonchev–Trinajstić information content (AvgIpc) is 3.55. The number of nitriles is 1. The van der Waals surface area contributed by atoms with Crippen molar-refractivity contribution < 1.29 is 0 Å². The zero-order valence-corrected chi connectivity index (χ0v) is 21.2. The number of benzene rings is 2. The molecule has 1 aliphatic carbocycles. The van der Waals surface area contributed by atoms with Crippen LogP contribution in [-0.2, 0) is 18.3 Å². The third-order valence-corrected chi connectivity index (χ3v) is 8.29. The predicted molar refractivity (Wildman–Crippen MR) is 145 cm³/mol. The summed E-state index contributed by atoms with van der Waals surface area (Å²) < 4.78 is 0. The Morgan fingerprint density at radius 1 is 0.917 bits per heavy atom. The van der Waals surface area contributed by atoms with E-state index in [1.807, 2.05) is 32.2 Å². The highest BCUT2D eigenvalue weighted by Gasteiger charge is 2.25. The molecule has 5 nitrogen and oxygen atoms in total. The molecule has 2 aromatic heterocycles. The van der Waals surface area contributed by atoms with E-state index in [9.17, 15) is 5.26 Å². The van der Waals surface area contributed by atoms with E-state index in [2.05, 4.69) is 57.6 Å². The first kappa shape index (κ1) is 22.9. The molecule has 6 rings (SSSR count). The molecule has 0 unspecified atom stereocenters. The van der Waals surface area contributed by atoms with Crippen LogP contribution in [0, 0.1) is 11.3 Å². The van der Waals surface area contributed by atoms with E-state index in [0.29, 0.717) is 0 Å². The summed E-state index contributed by atoms with van der Waals surface area (Å²) >= 11 is 0. The number of pyridine rings is 1. The summed E-state index contributed by atoms with van der Waals surface area (Å²) in [5, 5.41) is 18.1. The lowest BCUT2D eigenvalue weighted by atomic mass is 9.86. The van der Waals surface area contributed by atoms with Gasteiger partial charge in [-0.15, -0.1) is 0 Å². The molecule has 5 heteroatoms. The lowest BCUT2D eigenvalue weighted by molar-refractivity contribution is 0.208. The van der Waals surface area contributed by atoms with Crippen LogP contribution in [-0.4, -0.2) is 39.2 Å². The summed E-state index contributed by atoms with van der Waals surface area (Å²) in [6, 6.07) is 20.5. The maximum Gasteiger partial charge on any atom is 0.155 e. The second-order valence-electron chi connectivity index (χ2n) is 11.0. The Morgan fingerprint density at radius 3 is 2.39 bits per heavy atom. The monoisotopic (exact) mass is 475 g/mol. The Hall–Kier alpha value is -3.49. The van der Waals surface area contributed by atoms with Crippen LogP contribution in [0.5, 0.6) is 0 Å². The number of aromatic nitrogens is 3. The molecule has 2 aromatic carbocycles. The van der Waals surface area contributed by atoms with Crippen LogP contribution in [0.3, 0.4) is 0 Å². The quantitative estimate of drug-likeness (QED) is 0.369. The molecular formula is C31H33N5. The molecule has 36 heavy (non-hydrogen) atoms. The number of nitrogens with zero attached hydrogens (tertiary/aromatic N) is 4. The SMILES string of the molecule is CC(C)(C#N)c1ccc(-c2n[nH]c3ncc(-c4ccc5c(c4)CCN(C4CCCC4)CC5)cc23)cc1. The molecule has 1 saturated carbocycles. The molecule has 0 saturated heterocycles. The normalized spacial score (nSPS) is 17.1. The molecule has 4 aromatic rings. The van der Waals surface area contributed by atoms with Gasteiger partial charge in [0.1, 0.15) is 5.69 Å². The van der Waals surface area contributed by atoms with Gasteiger partial charge in [0.2, 0.25) is 0 Å². The zero-order valence-electron chi connectivity index (χ0n) is 21.2. The fourth-order valence-electron chi connectivity index (χ4n) is 5.95. The first-order valence-electron chi connectivity index (χ1n) is 13.2. The minimum Gasteiger partial charge on any atom is -0.300 e. The molecule has 3 heterocycles. The summed E-state index contributed by atoms with van der Waals surface area (Å²) in [5.74, 6) is 0. The van der Waals surface area contributed by atoms with E-state index in [0.717, 1.165) is 52.3 Å². The molecule has 0 atom stereocenters. The van der Waals surface area contributed by atoms with Gasteiger partial charge in [-0.3, -0.25) is 10.00 Å². The predicted octanol–water partition coefficient (Wildman–Crippen LogP) is 6.44. The minimum atomic E-state index is -0.514. The number of rotatable bonds is 4. The van der Waals surface area contributed by atoms with Gasteiger partial charge >= 0.3 is 0 Å². The lowest BCUT2D eigenvalue weighted by Gasteiger charge is -2.26. The standard InChI is InChI=1S/C31H33N5/c1-31(2,20-32)26-11-9-22(10-12-26)29-28-18-25(19-33-30(28)35-34-29)23-8-7-21-13-15-36(16-14-24(21)17-23)27-5-3-4-6-27/h7-12,17-19,27H,3-6,13-16H2,1-2H3,(H,33,34,35). The molecule has 182 valence electrons. The Balaban J connectivity index is 1.29. The second kappa shape index (κ2) is 9.19. The second-order valence-corrected chi connectivity index (χ2v) is 11.0. The largest absolute Gasteiger partial charge is 0.300 e. The molecule has 0 bridgehead atoms. The molecule has 0 radical (unpaired) electrons. The van der Waals surface area contributed by atoms with E-state index in [-0.39, 0.29) is 0 Å². The van der Waals surface area contributed by atoms with Crippen LogP contribution in [0.1, 0.15) is 56.2 Å². The summed E-state index contributed by atoms with van der Waals surface area (Å²) in [5.41, 5.74) is 8.51. The number of H-pyrrole nitrogens is 1. The summed E-state index contributed by atoms with van der Waals surface area (Å²) in [6.45, 7) is 6.24. The van der Waals surface area contributed by atoms with Crippen molar-refractivity contribution in [2.45, 2.75) is 63.8 Å². The fraction of sp³-hybridized carbons (Fsp3) is 0.387. The molecule has 0 amide bonds. The smallest absolute Gasteiger partial charge is 0.155 e. The highest BCUT2D eigenvalue weighted by atomic mass is 15.2. The van der Waals surface area contributed by atoms with E-state index in [1.165, 1.54) is 55.5 Å². The fourth-order valence-corrected chi connectivity index (χ4v) is 5.95. The number of aromatic amines is 1. The van der Waals surface area contributed by atoms with Gasteiger partial charge in [-0.1, -0.05) is 55.3 Å². The number of fused-ring (bicyclic) bond motifs is 2. The van der Waals surface area contributed by atoms with Gasteiger partial charge in [0, 0.05) is 41.8 Å².